The first kappa shape index (κ1) is 19.6. The second-order valence-corrected chi connectivity index (χ2v) is 8.59. The number of halogens is 1. The molecule has 28 heavy (non-hydrogen) atoms. The molecule has 0 amide bonds. The maximum Gasteiger partial charge on any atom is 0.225 e. The largest absolute Gasteiger partial charge is 0.395 e. The van der Waals surface area contributed by atoms with E-state index in [2.05, 4.69) is 57.9 Å². The first-order chi connectivity index (χ1) is 13.6. The van der Waals surface area contributed by atoms with Crippen molar-refractivity contribution in [1.29, 1.82) is 0 Å². The number of aliphatic hydroxyl groups excluding tert-OH is 1. The molecule has 0 atom stereocenters. The zero-order valence-corrected chi connectivity index (χ0v) is 17.9. The van der Waals surface area contributed by atoms with Gasteiger partial charge in [-0.3, -0.25) is 4.90 Å². The van der Waals surface area contributed by atoms with Crippen molar-refractivity contribution in [2.75, 3.05) is 44.2 Å². The summed E-state index contributed by atoms with van der Waals surface area (Å²) in [5, 5.41) is 10.6. The van der Waals surface area contributed by atoms with Gasteiger partial charge in [0.2, 0.25) is 5.28 Å². The molecule has 0 unspecified atom stereocenters. The Hall–Kier alpha value is -1.73. The van der Waals surface area contributed by atoms with Gasteiger partial charge in [0.15, 0.2) is 0 Å². The molecule has 3 heterocycles. The van der Waals surface area contributed by atoms with Gasteiger partial charge in [0, 0.05) is 43.2 Å². The van der Waals surface area contributed by atoms with Crippen LogP contribution in [0.1, 0.15) is 17.4 Å². The van der Waals surface area contributed by atoms with E-state index >= 15 is 0 Å². The maximum atomic E-state index is 9.20. The third-order valence-electron chi connectivity index (χ3n) is 5.33. The Bertz CT molecular complexity index is 965. The van der Waals surface area contributed by atoms with Crippen molar-refractivity contribution in [1.82, 2.24) is 14.9 Å². The number of aryl methyl sites for hydroxylation is 2. The predicted molar refractivity (Wildman–Crippen MR) is 118 cm³/mol. The highest BCUT2D eigenvalue weighted by Gasteiger charge is 2.25. The Kier molecular flexibility index (Phi) is 5.83. The van der Waals surface area contributed by atoms with Crippen LogP contribution in [-0.2, 0) is 6.42 Å². The van der Waals surface area contributed by atoms with E-state index in [4.69, 9.17) is 11.6 Å². The molecular weight excluding hydrogens is 392 g/mol. The molecule has 0 radical (unpaired) electrons. The summed E-state index contributed by atoms with van der Waals surface area (Å²) in [6, 6.07) is 8.69. The first-order valence-corrected chi connectivity index (χ1v) is 10.9. The molecule has 0 saturated carbocycles. The van der Waals surface area contributed by atoms with Crippen LogP contribution in [0.3, 0.4) is 0 Å². The van der Waals surface area contributed by atoms with Gasteiger partial charge in [-0.2, -0.15) is 4.98 Å². The van der Waals surface area contributed by atoms with Crippen LogP contribution >= 0.6 is 22.9 Å². The molecule has 1 N–H and O–H groups in total. The highest BCUT2D eigenvalue weighted by atomic mass is 35.5. The number of hydrogen-bond donors (Lipinski definition) is 1. The van der Waals surface area contributed by atoms with Crippen molar-refractivity contribution >= 4 is 39.0 Å². The van der Waals surface area contributed by atoms with E-state index < -0.39 is 0 Å². The Labute approximate surface area is 174 Å². The normalized spacial score (nSPS) is 15.5. The molecule has 0 aliphatic carbocycles. The predicted octanol–water partition coefficient (Wildman–Crippen LogP) is 4.00. The Morgan fingerprint density at radius 2 is 1.82 bits per heavy atom. The summed E-state index contributed by atoms with van der Waals surface area (Å²) in [5.74, 6) is 0.935. The highest BCUT2D eigenvalue weighted by Crippen LogP contribution is 2.43. The van der Waals surface area contributed by atoms with Crippen LogP contribution in [0.4, 0.5) is 5.82 Å². The molecule has 148 valence electrons. The van der Waals surface area contributed by atoms with E-state index in [0.717, 1.165) is 55.2 Å². The molecule has 3 aromatic rings. The van der Waals surface area contributed by atoms with Crippen LogP contribution in [0, 0.1) is 6.92 Å². The summed E-state index contributed by atoms with van der Waals surface area (Å²) < 4.78 is 0. The SMILES string of the molecule is CCc1sc2nc(Cl)nc(N3CCN(CCO)CC3)c2c1-c1ccc(C)cc1. The first-order valence-electron chi connectivity index (χ1n) is 9.74. The second-order valence-electron chi connectivity index (χ2n) is 7.17. The molecule has 0 bridgehead atoms. The van der Waals surface area contributed by atoms with Crippen LogP contribution in [-0.4, -0.2) is 59.3 Å². The number of benzene rings is 1. The van der Waals surface area contributed by atoms with Crippen LogP contribution in [0.15, 0.2) is 24.3 Å². The zero-order chi connectivity index (χ0) is 19.7. The minimum atomic E-state index is 0.200. The van der Waals surface area contributed by atoms with E-state index in [1.165, 1.54) is 21.6 Å². The molecule has 0 spiro atoms. The number of fused-ring (bicyclic) bond motifs is 1. The molecule has 1 aliphatic rings. The number of thiophene rings is 1. The molecule has 1 fully saturated rings. The molecule has 5 nitrogen and oxygen atoms in total. The van der Waals surface area contributed by atoms with Gasteiger partial charge >= 0.3 is 0 Å². The summed E-state index contributed by atoms with van der Waals surface area (Å²) in [6.45, 7) is 8.77. The van der Waals surface area contributed by atoms with E-state index in [0.29, 0.717) is 5.28 Å². The molecule has 7 heteroatoms. The second kappa shape index (κ2) is 8.33. The standard InChI is InChI=1S/C21H25ClN4OS/c1-3-16-17(15-6-4-14(2)5-7-15)18-19(23-21(22)24-20(18)28-16)26-10-8-25(9-11-26)12-13-27/h4-7,27H,3,8-13H2,1-2H3. The lowest BCUT2D eigenvalue weighted by atomic mass is 10.0. The van der Waals surface area contributed by atoms with Gasteiger partial charge in [0.25, 0.3) is 0 Å². The molecular formula is C21H25ClN4OS. The quantitative estimate of drug-likeness (QED) is 0.637. The van der Waals surface area contributed by atoms with E-state index in [1.54, 1.807) is 11.3 Å². The van der Waals surface area contributed by atoms with Crippen LogP contribution < -0.4 is 4.90 Å². The third kappa shape index (κ3) is 3.74. The number of rotatable bonds is 5. The fraction of sp³-hybridized carbons (Fsp3) is 0.429. The van der Waals surface area contributed by atoms with Crippen LogP contribution in [0.5, 0.6) is 0 Å². The van der Waals surface area contributed by atoms with E-state index in [9.17, 15) is 5.11 Å². The Morgan fingerprint density at radius 1 is 1.11 bits per heavy atom. The fourth-order valence-corrected chi connectivity index (χ4v) is 5.17. The van der Waals surface area contributed by atoms with Crippen LogP contribution in [0.2, 0.25) is 5.28 Å². The maximum absolute atomic E-state index is 9.20. The van der Waals surface area contributed by atoms with E-state index in [-0.39, 0.29) is 6.61 Å². The lowest BCUT2D eigenvalue weighted by Crippen LogP contribution is -2.47. The number of piperazine rings is 1. The van der Waals surface area contributed by atoms with Crippen molar-refractivity contribution < 1.29 is 5.11 Å². The summed E-state index contributed by atoms with van der Waals surface area (Å²) in [7, 11) is 0. The van der Waals surface area contributed by atoms with Crippen LogP contribution in [0.25, 0.3) is 21.3 Å². The van der Waals surface area contributed by atoms with Gasteiger partial charge in [-0.15, -0.1) is 11.3 Å². The van der Waals surface area contributed by atoms with Crippen molar-refractivity contribution in [2.24, 2.45) is 0 Å². The van der Waals surface area contributed by atoms with Gasteiger partial charge in [0.05, 0.1) is 12.0 Å². The number of aromatic nitrogens is 2. The smallest absolute Gasteiger partial charge is 0.225 e. The van der Waals surface area contributed by atoms with Gasteiger partial charge in [-0.25, -0.2) is 4.98 Å². The molecule has 4 rings (SSSR count). The number of anilines is 1. The molecule has 2 aromatic heterocycles. The van der Waals surface area contributed by atoms with Gasteiger partial charge in [-0.1, -0.05) is 36.8 Å². The van der Waals surface area contributed by atoms with Crippen molar-refractivity contribution in [2.45, 2.75) is 20.3 Å². The monoisotopic (exact) mass is 416 g/mol. The topological polar surface area (TPSA) is 52.5 Å². The van der Waals surface area contributed by atoms with Crippen molar-refractivity contribution in [3.8, 4) is 11.1 Å². The minimum absolute atomic E-state index is 0.200. The lowest BCUT2D eigenvalue weighted by molar-refractivity contribution is 0.188. The number of hydrogen-bond acceptors (Lipinski definition) is 6. The van der Waals surface area contributed by atoms with E-state index in [1.807, 2.05) is 0 Å². The summed E-state index contributed by atoms with van der Waals surface area (Å²) in [6.07, 6.45) is 0.950. The summed E-state index contributed by atoms with van der Waals surface area (Å²) in [4.78, 5) is 16.1. The third-order valence-corrected chi connectivity index (χ3v) is 6.72. The summed E-state index contributed by atoms with van der Waals surface area (Å²) >= 11 is 8.03. The number of aliphatic hydroxyl groups is 1. The van der Waals surface area contributed by atoms with Crippen molar-refractivity contribution in [3.05, 3.63) is 40.0 Å². The number of β-amino-alcohol motifs (C(OH)–C–C–N with tert-alkyl or cyclic N) is 1. The Morgan fingerprint density at radius 3 is 2.46 bits per heavy atom. The molecule has 1 aliphatic heterocycles. The van der Waals surface area contributed by atoms with Gasteiger partial charge < -0.3 is 10.0 Å². The van der Waals surface area contributed by atoms with Gasteiger partial charge in [0.1, 0.15) is 10.6 Å². The lowest BCUT2D eigenvalue weighted by Gasteiger charge is -2.35. The summed E-state index contributed by atoms with van der Waals surface area (Å²) in [5.41, 5.74) is 3.70. The minimum Gasteiger partial charge on any atom is -0.395 e. The van der Waals surface area contributed by atoms with Gasteiger partial charge in [-0.05, 0) is 30.5 Å². The molecule has 1 aromatic carbocycles. The highest BCUT2D eigenvalue weighted by molar-refractivity contribution is 7.19. The number of nitrogens with zero attached hydrogens (tertiary/aromatic N) is 4. The average Bonchev–Trinajstić information content (AvgIpc) is 3.07. The average molecular weight is 417 g/mol. The molecule has 1 saturated heterocycles. The fourth-order valence-electron chi connectivity index (χ4n) is 3.83. The Balaban J connectivity index is 1.82. The zero-order valence-electron chi connectivity index (χ0n) is 16.3. The van der Waals surface area contributed by atoms with Crippen molar-refractivity contribution in [3.63, 3.8) is 0 Å².